The number of nitrogens with zero attached hydrogens (tertiary/aromatic N) is 2. The monoisotopic (exact) mass is 376 g/mol. The molecule has 0 unspecified atom stereocenters. The minimum absolute atomic E-state index is 0.145. The molecule has 1 fully saturated rings. The molecule has 3 amide bonds. The van der Waals surface area contributed by atoms with Gasteiger partial charge in [-0.25, -0.2) is 4.90 Å². The van der Waals surface area contributed by atoms with Crippen LogP contribution in [0.25, 0.3) is 5.57 Å². The highest BCUT2D eigenvalue weighted by molar-refractivity contribution is 6.41. The third-order valence-electron chi connectivity index (χ3n) is 4.75. The molecule has 2 heterocycles. The summed E-state index contributed by atoms with van der Waals surface area (Å²) in [7, 11) is 1.64. The molecule has 2 aromatic rings. The molecular formula is C21H16N2O5. The fraction of sp³-hybridized carbons (Fsp3) is 0.143. The molecule has 0 spiro atoms. The number of rotatable bonds is 2. The van der Waals surface area contributed by atoms with E-state index in [4.69, 9.17) is 4.74 Å². The molecule has 0 bridgehead atoms. The van der Waals surface area contributed by atoms with Gasteiger partial charge in [0.25, 0.3) is 11.8 Å². The van der Waals surface area contributed by atoms with E-state index in [1.807, 2.05) is 6.07 Å². The lowest BCUT2D eigenvalue weighted by Gasteiger charge is -2.14. The van der Waals surface area contributed by atoms with Gasteiger partial charge in [0.15, 0.2) is 0 Å². The van der Waals surface area contributed by atoms with Crippen molar-refractivity contribution in [1.29, 1.82) is 0 Å². The Hall–Kier alpha value is -3.74. The lowest BCUT2D eigenvalue weighted by molar-refractivity contribution is -0.132. The van der Waals surface area contributed by atoms with Gasteiger partial charge in [-0.3, -0.25) is 19.2 Å². The van der Waals surface area contributed by atoms with Crippen LogP contribution in [0.2, 0.25) is 0 Å². The minimum Gasteiger partial charge on any atom is -0.427 e. The summed E-state index contributed by atoms with van der Waals surface area (Å²) in [5, 5.41) is 0. The van der Waals surface area contributed by atoms with Crippen LogP contribution in [0.1, 0.15) is 18.9 Å². The molecule has 7 nitrogen and oxygen atoms in total. The lowest BCUT2D eigenvalue weighted by atomic mass is 10.00. The molecule has 0 aromatic heterocycles. The summed E-state index contributed by atoms with van der Waals surface area (Å²) < 4.78 is 4.97. The number of fused-ring (bicyclic) bond motifs is 1. The van der Waals surface area contributed by atoms with Gasteiger partial charge in [0.05, 0.1) is 23.4 Å². The van der Waals surface area contributed by atoms with Gasteiger partial charge in [0.2, 0.25) is 5.91 Å². The van der Waals surface area contributed by atoms with E-state index in [1.54, 1.807) is 25.2 Å². The zero-order chi connectivity index (χ0) is 20.0. The van der Waals surface area contributed by atoms with Gasteiger partial charge in [-0.15, -0.1) is 0 Å². The number of hydrogen-bond acceptors (Lipinski definition) is 5. The van der Waals surface area contributed by atoms with E-state index in [0.717, 1.165) is 4.90 Å². The number of likely N-dealkylation sites (N-methyl/N-ethyl adjacent to an activating group) is 1. The normalized spacial score (nSPS) is 18.7. The standard InChI is InChI=1S/C21H16N2O5/c1-12(24)28-14-9-7-13(8-10-14)23-18(25)11-16(20(23)26)19-15-5-3-4-6-17(15)22(2)21(19)27/h3-10H,11H2,1-2H3/b19-16-. The van der Waals surface area contributed by atoms with Crippen LogP contribution >= 0.6 is 0 Å². The number of hydrogen-bond donors (Lipinski definition) is 0. The highest BCUT2D eigenvalue weighted by Crippen LogP contribution is 2.40. The fourth-order valence-corrected chi connectivity index (χ4v) is 3.50. The number of para-hydroxylation sites is 1. The third kappa shape index (κ3) is 2.68. The first kappa shape index (κ1) is 17.7. The first-order chi connectivity index (χ1) is 13.4. The Balaban J connectivity index is 1.73. The van der Waals surface area contributed by atoms with Gasteiger partial charge in [-0.2, -0.15) is 0 Å². The molecule has 140 valence electrons. The SMILES string of the molecule is CC(=O)Oc1ccc(N2C(=O)C/C(=C3/C(=O)N(C)c4ccccc43)C2=O)cc1. The maximum Gasteiger partial charge on any atom is 0.308 e. The first-order valence-electron chi connectivity index (χ1n) is 8.65. The molecule has 7 heteroatoms. The highest BCUT2D eigenvalue weighted by Gasteiger charge is 2.42. The Labute approximate surface area is 160 Å². The van der Waals surface area contributed by atoms with Crippen molar-refractivity contribution in [3.63, 3.8) is 0 Å². The number of ether oxygens (including phenoxy) is 1. The summed E-state index contributed by atoms with van der Waals surface area (Å²) in [6, 6.07) is 13.2. The Morgan fingerprint density at radius 1 is 0.964 bits per heavy atom. The minimum atomic E-state index is -0.515. The van der Waals surface area contributed by atoms with Crippen LogP contribution in [0.5, 0.6) is 5.75 Å². The van der Waals surface area contributed by atoms with Gasteiger partial charge in [0.1, 0.15) is 5.75 Å². The maximum absolute atomic E-state index is 13.0. The van der Waals surface area contributed by atoms with Crippen LogP contribution in [0.3, 0.4) is 0 Å². The average molecular weight is 376 g/mol. The van der Waals surface area contributed by atoms with Crippen LogP contribution in [0.4, 0.5) is 11.4 Å². The van der Waals surface area contributed by atoms with Gasteiger partial charge in [0, 0.05) is 25.1 Å². The molecule has 0 aliphatic carbocycles. The summed E-state index contributed by atoms with van der Waals surface area (Å²) in [4.78, 5) is 51.9. The fourth-order valence-electron chi connectivity index (χ4n) is 3.50. The zero-order valence-corrected chi connectivity index (χ0v) is 15.3. The Morgan fingerprint density at radius 2 is 1.64 bits per heavy atom. The number of carbonyl (C=O) groups is 4. The molecule has 0 radical (unpaired) electrons. The number of carbonyl (C=O) groups excluding carboxylic acids is 4. The second-order valence-corrected chi connectivity index (χ2v) is 6.53. The summed E-state index contributed by atoms with van der Waals surface area (Å²) in [6.07, 6.45) is -0.145. The quantitative estimate of drug-likeness (QED) is 0.348. The van der Waals surface area contributed by atoms with E-state index in [9.17, 15) is 19.2 Å². The molecule has 0 atom stereocenters. The summed E-state index contributed by atoms with van der Waals surface area (Å²) in [6.45, 7) is 1.29. The lowest BCUT2D eigenvalue weighted by Crippen LogP contribution is -2.29. The maximum atomic E-state index is 13.0. The number of esters is 1. The smallest absolute Gasteiger partial charge is 0.308 e. The van der Waals surface area contributed by atoms with E-state index in [2.05, 4.69) is 0 Å². The summed E-state index contributed by atoms with van der Waals surface area (Å²) >= 11 is 0. The summed E-state index contributed by atoms with van der Waals surface area (Å²) in [5.74, 6) is -1.37. The third-order valence-corrected chi connectivity index (χ3v) is 4.75. The number of anilines is 2. The van der Waals surface area contributed by atoms with Gasteiger partial charge >= 0.3 is 5.97 Å². The average Bonchev–Trinajstić information content (AvgIpc) is 3.09. The number of benzene rings is 2. The van der Waals surface area contributed by atoms with Crippen molar-refractivity contribution < 1.29 is 23.9 Å². The van der Waals surface area contributed by atoms with E-state index < -0.39 is 17.8 Å². The predicted molar refractivity (Wildman–Crippen MR) is 102 cm³/mol. The molecule has 28 heavy (non-hydrogen) atoms. The van der Waals surface area contributed by atoms with Crippen molar-refractivity contribution >= 4 is 40.6 Å². The van der Waals surface area contributed by atoms with Crippen LogP contribution in [0.15, 0.2) is 54.1 Å². The van der Waals surface area contributed by atoms with Gasteiger partial charge in [-0.1, -0.05) is 18.2 Å². The van der Waals surface area contributed by atoms with E-state index in [1.165, 1.54) is 36.1 Å². The molecule has 0 N–H and O–H groups in total. The molecule has 1 saturated heterocycles. The largest absolute Gasteiger partial charge is 0.427 e. The Kier molecular flexibility index (Phi) is 4.07. The summed E-state index contributed by atoms with van der Waals surface area (Å²) in [5.41, 5.74) is 2.18. The van der Waals surface area contributed by atoms with Gasteiger partial charge < -0.3 is 9.64 Å². The van der Waals surface area contributed by atoms with E-state index >= 15 is 0 Å². The molecule has 2 aliphatic rings. The molecule has 0 saturated carbocycles. The first-order valence-corrected chi connectivity index (χ1v) is 8.65. The van der Waals surface area contributed by atoms with Crippen LogP contribution in [-0.2, 0) is 19.2 Å². The van der Waals surface area contributed by atoms with Crippen LogP contribution < -0.4 is 14.5 Å². The zero-order valence-electron chi connectivity index (χ0n) is 15.3. The topological polar surface area (TPSA) is 84.0 Å². The van der Waals surface area contributed by atoms with Crippen molar-refractivity contribution in [1.82, 2.24) is 0 Å². The predicted octanol–water partition coefficient (Wildman–Crippen LogP) is 2.31. The second-order valence-electron chi connectivity index (χ2n) is 6.53. The molecule has 2 aliphatic heterocycles. The highest BCUT2D eigenvalue weighted by atomic mass is 16.5. The Bertz CT molecular complexity index is 1070. The van der Waals surface area contributed by atoms with Crippen molar-refractivity contribution in [3.8, 4) is 5.75 Å². The molecule has 4 rings (SSSR count). The van der Waals surface area contributed by atoms with Crippen molar-refractivity contribution in [2.75, 3.05) is 16.8 Å². The second kappa shape index (κ2) is 6.45. The van der Waals surface area contributed by atoms with Gasteiger partial charge in [-0.05, 0) is 30.3 Å². The van der Waals surface area contributed by atoms with Crippen LogP contribution in [-0.4, -0.2) is 30.7 Å². The van der Waals surface area contributed by atoms with Crippen molar-refractivity contribution in [2.45, 2.75) is 13.3 Å². The van der Waals surface area contributed by atoms with E-state index in [-0.39, 0.29) is 23.5 Å². The van der Waals surface area contributed by atoms with Crippen molar-refractivity contribution in [3.05, 3.63) is 59.7 Å². The van der Waals surface area contributed by atoms with Crippen molar-refractivity contribution in [2.24, 2.45) is 0 Å². The van der Waals surface area contributed by atoms with Crippen LogP contribution in [0, 0.1) is 0 Å². The molecular weight excluding hydrogens is 360 g/mol. The molecule has 2 aromatic carbocycles. The Morgan fingerprint density at radius 3 is 2.32 bits per heavy atom. The number of amides is 3. The number of imide groups is 1. The van der Waals surface area contributed by atoms with E-state index in [0.29, 0.717) is 22.7 Å².